The average Bonchev–Trinajstić information content (AvgIpc) is 2.30. The van der Waals surface area contributed by atoms with E-state index in [4.69, 9.17) is 9.47 Å². The third-order valence-electron chi connectivity index (χ3n) is 1.97. The number of nitro groups is 1. The van der Waals surface area contributed by atoms with Crippen LogP contribution in [0.3, 0.4) is 0 Å². The molecule has 0 N–H and O–H groups in total. The Kier molecular flexibility index (Phi) is 5.00. The zero-order chi connectivity index (χ0) is 12.7. The van der Waals surface area contributed by atoms with Crippen molar-refractivity contribution in [3.63, 3.8) is 0 Å². The minimum Gasteiger partial charge on any atom is -0.490 e. The molecule has 0 radical (unpaired) electrons. The molecular formula is C12H15NO4. The fraction of sp³-hybridized carbons (Fsp3) is 0.333. The molecule has 0 aromatic heterocycles. The smallest absolute Gasteiger partial charge is 0.235 e. The first kappa shape index (κ1) is 13.0. The summed E-state index contributed by atoms with van der Waals surface area (Å²) in [7, 11) is 0. The lowest BCUT2D eigenvalue weighted by Crippen LogP contribution is -2.00. The second kappa shape index (κ2) is 6.52. The van der Waals surface area contributed by atoms with E-state index in [9.17, 15) is 10.1 Å². The molecule has 1 aromatic carbocycles. The lowest BCUT2D eigenvalue weighted by molar-refractivity contribution is -0.400. The number of benzene rings is 1. The Labute approximate surface area is 99.8 Å². The minimum atomic E-state index is -0.511. The first-order valence-corrected chi connectivity index (χ1v) is 5.39. The molecule has 0 amide bonds. The monoisotopic (exact) mass is 237 g/mol. The third kappa shape index (κ3) is 3.79. The van der Waals surface area contributed by atoms with Crippen LogP contribution in [0.1, 0.15) is 19.4 Å². The van der Waals surface area contributed by atoms with Crippen LogP contribution in [0.25, 0.3) is 6.08 Å². The number of rotatable bonds is 6. The van der Waals surface area contributed by atoms with Crippen molar-refractivity contribution in [1.82, 2.24) is 0 Å². The van der Waals surface area contributed by atoms with Crippen LogP contribution in [0.5, 0.6) is 11.5 Å². The van der Waals surface area contributed by atoms with Gasteiger partial charge in [0.2, 0.25) is 6.20 Å². The summed E-state index contributed by atoms with van der Waals surface area (Å²) in [4.78, 5) is 9.79. The van der Waals surface area contributed by atoms with E-state index in [0.29, 0.717) is 30.3 Å². The fourth-order valence-electron chi connectivity index (χ4n) is 1.37. The molecule has 1 aromatic rings. The second-order valence-electron chi connectivity index (χ2n) is 3.14. The van der Waals surface area contributed by atoms with Crippen molar-refractivity contribution in [3.8, 4) is 11.5 Å². The van der Waals surface area contributed by atoms with Gasteiger partial charge in [0, 0.05) is 11.6 Å². The normalized spacial score (nSPS) is 10.5. The highest BCUT2D eigenvalue weighted by Gasteiger charge is 2.09. The Morgan fingerprint density at radius 3 is 2.59 bits per heavy atom. The van der Waals surface area contributed by atoms with Crippen LogP contribution in [0.2, 0.25) is 0 Å². The van der Waals surface area contributed by atoms with E-state index >= 15 is 0 Å². The molecule has 0 atom stereocenters. The number of ether oxygens (including phenoxy) is 2. The molecule has 0 heterocycles. The fourth-order valence-corrected chi connectivity index (χ4v) is 1.37. The maximum absolute atomic E-state index is 10.3. The topological polar surface area (TPSA) is 61.6 Å². The van der Waals surface area contributed by atoms with E-state index in [1.165, 1.54) is 6.08 Å². The quantitative estimate of drug-likeness (QED) is 0.563. The van der Waals surface area contributed by atoms with Gasteiger partial charge in [-0.3, -0.25) is 10.1 Å². The van der Waals surface area contributed by atoms with Gasteiger partial charge in [0.25, 0.3) is 0 Å². The summed E-state index contributed by atoms with van der Waals surface area (Å²) in [6.07, 6.45) is 2.28. The molecule has 5 nitrogen and oxygen atoms in total. The van der Waals surface area contributed by atoms with Gasteiger partial charge in [-0.2, -0.15) is 0 Å². The Balaban J connectivity index is 3.09. The number of nitrogens with zero attached hydrogens (tertiary/aromatic N) is 1. The molecule has 0 saturated heterocycles. The van der Waals surface area contributed by atoms with Gasteiger partial charge >= 0.3 is 0 Å². The maximum atomic E-state index is 10.3. The molecule has 0 aliphatic carbocycles. The molecular weight excluding hydrogens is 222 g/mol. The van der Waals surface area contributed by atoms with Crippen molar-refractivity contribution < 1.29 is 14.4 Å². The van der Waals surface area contributed by atoms with Crippen molar-refractivity contribution in [2.24, 2.45) is 0 Å². The summed E-state index contributed by atoms with van der Waals surface area (Å²) < 4.78 is 10.9. The maximum Gasteiger partial charge on any atom is 0.235 e. The first-order valence-electron chi connectivity index (χ1n) is 5.39. The third-order valence-corrected chi connectivity index (χ3v) is 1.97. The molecule has 0 aliphatic rings. The van der Waals surface area contributed by atoms with Crippen LogP contribution in [0.4, 0.5) is 0 Å². The summed E-state index contributed by atoms with van der Waals surface area (Å²) in [6, 6.07) is 5.29. The molecule has 0 unspecified atom stereocenters. The van der Waals surface area contributed by atoms with Gasteiger partial charge in [0.05, 0.1) is 18.1 Å². The Hall–Kier alpha value is -2.04. The van der Waals surface area contributed by atoms with E-state index in [1.54, 1.807) is 18.2 Å². The lowest BCUT2D eigenvalue weighted by Gasteiger charge is -2.12. The molecule has 0 spiro atoms. The van der Waals surface area contributed by atoms with E-state index in [-0.39, 0.29) is 0 Å². The predicted molar refractivity (Wildman–Crippen MR) is 64.8 cm³/mol. The van der Waals surface area contributed by atoms with Crippen LogP contribution < -0.4 is 9.47 Å². The van der Waals surface area contributed by atoms with Crippen LogP contribution >= 0.6 is 0 Å². The summed E-state index contributed by atoms with van der Waals surface area (Å²) >= 11 is 0. The molecule has 92 valence electrons. The largest absolute Gasteiger partial charge is 0.490 e. The molecule has 0 aliphatic heterocycles. The summed E-state index contributed by atoms with van der Waals surface area (Å²) in [6.45, 7) is 4.71. The van der Waals surface area contributed by atoms with Gasteiger partial charge in [0.1, 0.15) is 0 Å². The van der Waals surface area contributed by atoms with Gasteiger partial charge in [0.15, 0.2) is 11.5 Å². The molecule has 0 fully saturated rings. The van der Waals surface area contributed by atoms with Crippen molar-refractivity contribution in [3.05, 3.63) is 40.1 Å². The van der Waals surface area contributed by atoms with Crippen LogP contribution in [0, 0.1) is 10.1 Å². The number of para-hydroxylation sites is 1. The average molecular weight is 237 g/mol. The van der Waals surface area contributed by atoms with Gasteiger partial charge < -0.3 is 9.47 Å². The van der Waals surface area contributed by atoms with Gasteiger partial charge in [-0.15, -0.1) is 0 Å². The molecule has 0 saturated carbocycles. The van der Waals surface area contributed by atoms with Crippen molar-refractivity contribution >= 4 is 6.08 Å². The van der Waals surface area contributed by atoms with E-state index < -0.39 is 4.92 Å². The molecule has 17 heavy (non-hydrogen) atoms. The summed E-state index contributed by atoms with van der Waals surface area (Å²) in [5.74, 6) is 1.13. The zero-order valence-electron chi connectivity index (χ0n) is 9.88. The SMILES string of the molecule is CCOc1cccc(C=C[N+](=O)[O-])c1OCC. The van der Waals surface area contributed by atoms with Crippen LogP contribution in [-0.2, 0) is 0 Å². The highest BCUT2D eigenvalue weighted by Crippen LogP contribution is 2.32. The predicted octanol–water partition coefficient (Wildman–Crippen LogP) is 2.73. The van der Waals surface area contributed by atoms with Crippen molar-refractivity contribution in [2.45, 2.75) is 13.8 Å². The summed E-state index contributed by atoms with van der Waals surface area (Å²) in [5, 5.41) is 10.3. The molecule has 0 bridgehead atoms. The molecule has 1 rings (SSSR count). The van der Waals surface area contributed by atoms with Gasteiger partial charge in [-0.25, -0.2) is 0 Å². The van der Waals surface area contributed by atoms with E-state index in [0.717, 1.165) is 6.20 Å². The van der Waals surface area contributed by atoms with E-state index in [1.807, 2.05) is 13.8 Å². The molecule has 5 heteroatoms. The second-order valence-corrected chi connectivity index (χ2v) is 3.14. The Bertz CT molecular complexity index is 415. The van der Waals surface area contributed by atoms with Gasteiger partial charge in [-0.05, 0) is 19.9 Å². The highest BCUT2D eigenvalue weighted by molar-refractivity contribution is 5.61. The summed E-state index contributed by atoms with van der Waals surface area (Å²) in [5.41, 5.74) is 0.634. The highest BCUT2D eigenvalue weighted by atomic mass is 16.6. The number of hydrogen-bond acceptors (Lipinski definition) is 4. The van der Waals surface area contributed by atoms with Crippen LogP contribution in [0.15, 0.2) is 24.4 Å². The Morgan fingerprint density at radius 1 is 1.29 bits per heavy atom. The van der Waals surface area contributed by atoms with Crippen molar-refractivity contribution in [1.29, 1.82) is 0 Å². The van der Waals surface area contributed by atoms with Crippen molar-refractivity contribution in [2.75, 3.05) is 13.2 Å². The standard InChI is InChI=1S/C12H15NO4/c1-3-16-11-7-5-6-10(8-9-13(14)15)12(11)17-4-2/h5-9H,3-4H2,1-2H3. The number of hydrogen-bond donors (Lipinski definition) is 0. The first-order chi connectivity index (χ1) is 8.19. The van der Waals surface area contributed by atoms with Crippen LogP contribution in [-0.4, -0.2) is 18.1 Å². The lowest BCUT2D eigenvalue weighted by atomic mass is 10.2. The minimum absolute atomic E-state index is 0.476. The Morgan fingerprint density at radius 2 is 2.00 bits per heavy atom. The zero-order valence-corrected chi connectivity index (χ0v) is 9.88. The van der Waals surface area contributed by atoms with Gasteiger partial charge in [-0.1, -0.05) is 12.1 Å². The van der Waals surface area contributed by atoms with E-state index in [2.05, 4.69) is 0 Å².